The number of hydrazone groups is 1. The van der Waals surface area contributed by atoms with E-state index in [2.05, 4.69) is 10.1 Å². The number of carbonyl (C=O) groups is 1. The third-order valence-corrected chi connectivity index (χ3v) is 6.55. The van der Waals surface area contributed by atoms with E-state index < -0.39 is 10.1 Å². The first-order chi connectivity index (χ1) is 12.7. The van der Waals surface area contributed by atoms with Crippen LogP contribution in [0.5, 0.6) is 0 Å². The van der Waals surface area contributed by atoms with Crippen molar-refractivity contribution in [1.29, 1.82) is 0 Å². The Morgan fingerprint density at radius 3 is 2.41 bits per heavy atom. The number of carbonyl (C=O) groups excluding carboxylic acids is 1. The maximum absolute atomic E-state index is 11.9. The summed E-state index contributed by atoms with van der Waals surface area (Å²) in [6, 6.07) is 10.5. The van der Waals surface area contributed by atoms with Crippen molar-refractivity contribution < 1.29 is 17.8 Å². The summed E-state index contributed by atoms with van der Waals surface area (Å²) in [5, 5.41) is 6.22. The van der Waals surface area contributed by atoms with Gasteiger partial charge in [-0.25, -0.2) is 9.99 Å². The lowest BCUT2D eigenvalue weighted by Gasteiger charge is -2.11. The summed E-state index contributed by atoms with van der Waals surface area (Å²) in [4.78, 5) is 16.3. The number of nitrogens with zero attached hydrogens (tertiary/aromatic N) is 3. The number of hydrogen-bond donors (Lipinski definition) is 1. The Balaban J connectivity index is 1.76. The molecule has 1 aliphatic rings. The molecule has 4 rings (SSSR count). The van der Waals surface area contributed by atoms with Gasteiger partial charge in [-0.05, 0) is 49.7 Å². The molecule has 0 saturated carbocycles. The Morgan fingerprint density at radius 2 is 1.81 bits per heavy atom. The molecule has 3 aromatic rings. The van der Waals surface area contributed by atoms with Crippen molar-refractivity contribution in [1.82, 2.24) is 4.98 Å². The highest BCUT2D eigenvalue weighted by molar-refractivity contribution is 7.86. The normalized spacial score (nSPS) is 14.9. The molecule has 0 atom stereocenters. The van der Waals surface area contributed by atoms with Gasteiger partial charge < -0.3 is 0 Å². The Bertz CT molecular complexity index is 1210. The Morgan fingerprint density at radius 1 is 1.11 bits per heavy atom. The molecule has 0 saturated heterocycles. The van der Waals surface area contributed by atoms with Crippen LogP contribution in [0.3, 0.4) is 0 Å². The molecule has 0 bridgehead atoms. The van der Waals surface area contributed by atoms with Crippen LogP contribution >= 0.6 is 11.3 Å². The third-order valence-electron chi connectivity index (χ3n) is 4.24. The maximum atomic E-state index is 11.9. The highest BCUT2D eigenvalue weighted by Gasteiger charge is 2.23. The predicted octanol–water partition coefficient (Wildman–Crippen LogP) is 3.63. The number of thiazole rings is 1. The molecule has 0 spiro atoms. The minimum atomic E-state index is -4.35. The first-order valence-corrected chi connectivity index (χ1v) is 10.3. The van der Waals surface area contributed by atoms with Gasteiger partial charge in [0.05, 0.1) is 22.3 Å². The Kier molecular flexibility index (Phi) is 4.10. The van der Waals surface area contributed by atoms with E-state index in [-0.39, 0.29) is 10.8 Å². The van der Waals surface area contributed by atoms with Gasteiger partial charge in [0.15, 0.2) is 0 Å². The number of benzene rings is 2. The van der Waals surface area contributed by atoms with Gasteiger partial charge in [-0.1, -0.05) is 6.07 Å². The van der Waals surface area contributed by atoms with E-state index >= 15 is 0 Å². The zero-order valence-electron chi connectivity index (χ0n) is 14.5. The average molecular weight is 401 g/mol. The van der Waals surface area contributed by atoms with E-state index in [0.717, 1.165) is 11.3 Å². The zero-order valence-corrected chi connectivity index (χ0v) is 16.1. The molecule has 27 heavy (non-hydrogen) atoms. The highest BCUT2D eigenvalue weighted by atomic mass is 32.2. The van der Waals surface area contributed by atoms with Crippen LogP contribution < -0.4 is 5.01 Å². The topological polar surface area (TPSA) is 99.9 Å². The monoisotopic (exact) mass is 401 g/mol. The van der Waals surface area contributed by atoms with E-state index in [0.29, 0.717) is 32.9 Å². The van der Waals surface area contributed by atoms with E-state index in [4.69, 9.17) is 0 Å². The van der Waals surface area contributed by atoms with Crippen molar-refractivity contribution in [3.8, 4) is 10.6 Å². The summed E-state index contributed by atoms with van der Waals surface area (Å²) in [5.74, 6) is -0.0755. The molecular weight excluding hydrogens is 386 g/mol. The lowest BCUT2D eigenvalue weighted by molar-refractivity contribution is -0.116. The molecule has 9 heteroatoms. The van der Waals surface area contributed by atoms with Crippen LogP contribution in [0.4, 0.5) is 5.69 Å². The fraction of sp³-hybridized carbons (Fsp3) is 0.167. The molecule has 0 fully saturated rings. The Labute approximate surface area is 159 Å². The molecular formula is C18H15N3O4S2. The maximum Gasteiger partial charge on any atom is 0.296 e. The van der Waals surface area contributed by atoms with Gasteiger partial charge in [0, 0.05) is 11.3 Å². The van der Waals surface area contributed by atoms with Gasteiger partial charge >= 0.3 is 0 Å². The second kappa shape index (κ2) is 6.22. The fourth-order valence-corrected chi connectivity index (χ4v) is 5.33. The second-order valence-corrected chi connectivity index (χ2v) is 8.68. The average Bonchev–Trinajstić information content (AvgIpc) is 3.16. The molecule has 0 radical (unpaired) electrons. The smallest absolute Gasteiger partial charge is 0.282 e. The minimum Gasteiger partial charge on any atom is -0.282 e. The molecule has 7 nitrogen and oxygen atoms in total. The summed E-state index contributed by atoms with van der Waals surface area (Å²) >= 11 is 1.20. The van der Waals surface area contributed by atoms with Crippen molar-refractivity contribution in [3.05, 3.63) is 42.0 Å². The fourth-order valence-electron chi connectivity index (χ4n) is 3.01. The Hall–Kier alpha value is -2.62. The molecule has 1 amide bonds. The van der Waals surface area contributed by atoms with Gasteiger partial charge in [0.1, 0.15) is 9.90 Å². The minimum absolute atomic E-state index is 0.0755. The zero-order chi connectivity index (χ0) is 19.3. The molecule has 1 aromatic heterocycles. The SMILES string of the molecule is CC1=NN(c2ccc(-c3nc4ccc(C)c(S(=O)(=O)O)c4s3)cc2)C(=O)C1. The van der Waals surface area contributed by atoms with Crippen molar-refractivity contribution in [2.45, 2.75) is 25.2 Å². The molecule has 1 N–H and O–H groups in total. The van der Waals surface area contributed by atoms with Crippen molar-refractivity contribution >= 4 is 49.0 Å². The van der Waals surface area contributed by atoms with Crippen molar-refractivity contribution in [2.75, 3.05) is 5.01 Å². The number of hydrogen-bond acceptors (Lipinski definition) is 6. The standard InChI is InChI=1S/C18H15N3O4S2/c1-10-3-8-14-16(17(10)27(23,24)25)26-18(19-14)12-4-6-13(7-5-12)21-15(22)9-11(2)20-21/h3-8H,9H2,1-2H3,(H,23,24,25). The summed E-state index contributed by atoms with van der Waals surface area (Å²) in [6.45, 7) is 3.44. The second-order valence-electron chi connectivity index (χ2n) is 6.32. The van der Waals surface area contributed by atoms with Crippen LogP contribution in [0.25, 0.3) is 20.8 Å². The number of aromatic nitrogens is 1. The summed E-state index contributed by atoms with van der Waals surface area (Å²) in [6.07, 6.45) is 0.317. The van der Waals surface area contributed by atoms with E-state index in [1.807, 2.05) is 19.1 Å². The molecule has 1 aliphatic heterocycles. The number of anilines is 1. The van der Waals surface area contributed by atoms with Crippen LogP contribution in [0, 0.1) is 6.92 Å². The first kappa shape index (κ1) is 17.8. The first-order valence-electron chi connectivity index (χ1n) is 8.09. The number of aryl methyl sites for hydroxylation is 1. The van der Waals surface area contributed by atoms with Crippen LogP contribution in [-0.4, -0.2) is 29.6 Å². The van der Waals surface area contributed by atoms with Crippen LogP contribution in [0.1, 0.15) is 18.9 Å². The quantitative estimate of drug-likeness (QED) is 0.676. The van der Waals surface area contributed by atoms with Gasteiger partial charge in [0.25, 0.3) is 16.0 Å². The van der Waals surface area contributed by atoms with Crippen LogP contribution in [0.2, 0.25) is 0 Å². The van der Waals surface area contributed by atoms with Crippen molar-refractivity contribution in [2.24, 2.45) is 5.10 Å². The van der Waals surface area contributed by atoms with Gasteiger partial charge in [0.2, 0.25) is 0 Å². The van der Waals surface area contributed by atoms with Gasteiger partial charge in [-0.3, -0.25) is 9.35 Å². The molecule has 138 valence electrons. The van der Waals surface area contributed by atoms with Gasteiger partial charge in [-0.15, -0.1) is 11.3 Å². The van der Waals surface area contributed by atoms with E-state index in [9.17, 15) is 17.8 Å². The largest absolute Gasteiger partial charge is 0.296 e. The van der Waals surface area contributed by atoms with Crippen LogP contribution in [-0.2, 0) is 14.9 Å². The van der Waals surface area contributed by atoms with Crippen molar-refractivity contribution in [3.63, 3.8) is 0 Å². The lowest BCUT2D eigenvalue weighted by Crippen LogP contribution is -2.19. The van der Waals surface area contributed by atoms with E-state index in [1.165, 1.54) is 16.3 Å². The molecule has 2 heterocycles. The number of amides is 1. The van der Waals surface area contributed by atoms with E-state index in [1.54, 1.807) is 31.2 Å². The molecule has 2 aromatic carbocycles. The van der Waals surface area contributed by atoms with Gasteiger partial charge in [-0.2, -0.15) is 13.5 Å². The molecule has 0 unspecified atom stereocenters. The van der Waals surface area contributed by atoms with Crippen LogP contribution in [0.15, 0.2) is 46.4 Å². The predicted molar refractivity (Wildman–Crippen MR) is 105 cm³/mol. The highest BCUT2D eigenvalue weighted by Crippen LogP contribution is 2.36. The molecule has 0 aliphatic carbocycles. The summed E-state index contributed by atoms with van der Waals surface area (Å²) in [7, 11) is -4.35. The summed E-state index contributed by atoms with van der Waals surface area (Å²) < 4.78 is 33.5. The number of rotatable bonds is 3. The lowest BCUT2D eigenvalue weighted by atomic mass is 10.2. The number of fused-ring (bicyclic) bond motifs is 1. The summed E-state index contributed by atoms with van der Waals surface area (Å²) in [5.41, 5.74) is 3.19. The third kappa shape index (κ3) is 3.14.